The number of carbonyl (C=O) groups excluding carboxylic acids is 1. The van der Waals surface area contributed by atoms with Crippen LogP contribution in [0.15, 0.2) is 36.8 Å². The number of hydrogen-bond acceptors (Lipinski definition) is 9. The molecule has 0 aliphatic carbocycles. The number of amides is 1. The Labute approximate surface area is 240 Å². The number of likely N-dealkylation sites (tertiary alicyclic amines) is 1. The molecule has 1 fully saturated rings. The Morgan fingerprint density at radius 2 is 2.05 bits per heavy atom. The van der Waals surface area contributed by atoms with Crippen LogP contribution in [0.1, 0.15) is 59.4 Å². The van der Waals surface area contributed by atoms with Crippen molar-refractivity contribution in [3.63, 3.8) is 0 Å². The number of rotatable bonds is 8. The largest absolute Gasteiger partial charge is 0.444 e. The summed E-state index contributed by atoms with van der Waals surface area (Å²) in [6, 6.07) is 8.30. The molecule has 0 unspecified atom stereocenters. The zero-order valence-corrected chi connectivity index (χ0v) is 24.5. The van der Waals surface area contributed by atoms with Gasteiger partial charge in [0.2, 0.25) is 5.95 Å². The van der Waals surface area contributed by atoms with Gasteiger partial charge in [0.15, 0.2) is 5.82 Å². The Morgan fingerprint density at radius 3 is 2.80 bits per heavy atom. The molecule has 4 aromatic rings. The maximum atomic E-state index is 12.6. The molecule has 0 bridgehead atoms. The van der Waals surface area contributed by atoms with Crippen molar-refractivity contribution in [3.8, 4) is 11.3 Å². The van der Waals surface area contributed by atoms with Crippen molar-refractivity contribution in [1.29, 1.82) is 0 Å². The number of fused-ring (bicyclic) bond motifs is 2. The van der Waals surface area contributed by atoms with Crippen molar-refractivity contribution in [1.82, 2.24) is 29.5 Å². The van der Waals surface area contributed by atoms with Crippen LogP contribution in [0.5, 0.6) is 0 Å². The van der Waals surface area contributed by atoms with E-state index in [1.807, 2.05) is 50.5 Å². The van der Waals surface area contributed by atoms with Gasteiger partial charge in [-0.05, 0) is 76.3 Å². The van der Waals surface area contributed by atoms with Gasteiger partial charge in [0, 0.05) is 42.8 Å². The monoisotopic (exact) mass is 560 g/mol. The van der Waals surface area contributed by atoms with E-state index in [1.54, 1.807) is 4.90 Å². The summed E-state index contributed by atoms with van der Waals surface area (Å²) in [6.45, 7) is 11.4. The van der Waals surface area contributed by atoms with Gasteiger partial charge in [-0.15, -0.1) is 0 Å². The lowest BCUT2D eigenvalue weighted by Gasteiger charge is -2.34. The van der Waals surface area contributed by atoms with Crippen LogP contribution in [0.4, 0.5) is 16.6 Å². The molecule has 2 atom stereocenters. The van der Waals surface area contributed by atoms with Crippen molar-refractivity contribution >= 4 is 34.3 Å². The fraction of sp³-hybridized carbons (Fsp3) is 0.500. The van der Waals surface area contributed by atoms with Crippen molar-refractivity contribution in [2.24, 2.45) is 0 Å². The van der Waals surface area contributed by atoms with E-state index in [2.05, 4.69) is 44.8 Å². The molecule has 0 radical (unpaired) electrons. The molecule has 0 saturated carbocycles. The van der Waals surface area contributed by atoms with Gasteiger partial charge in [0.05, 0.1) is 17.3 Å². The molecule has 1 aliphatic heterocycles. The van der Waals surface area contributed by atoms with Crippen molar-refractivity contribution < 1.29 is 14.6 Å². The summed E-state index contributed by atoms with van der Waals surface area (Å²) in [5.41, 5.74) is 4.27. The molecule has 5 rings (SSSR count). The number of anilines is 2. The molecule has 11 heteroatoms. The number of aryl methyl sites for hydroxylation is 1. The second kappa shape index (κ2) is 11.9. The lowest BCUT2D eigenvalue weighted by molar-refractivity contribution is 0.0206. The van der Waals surface area contributed by atoms with Gasteiger partial charge in [-0.25, -0.2) is 24.3 Å². The highest BCUT2D eigenvalue weighted by molar-refractivity contribution is 5.88. The van der Waals surface area contributed by atoms with Crippen LogP contribution in [0, 0.1) is 0 Å². The molecule has 1 aliphatic rings. The first kappa shape index (κ1) is 28.5. The lowest BCUT2D eigenvalue weighted by atomic mass is 10.0. The molecule has 218 valence electrons. The molecular formula is C30H40N8O3. The minimum atomic E-state index is -0.522. The number of nitrogens with zero attached hydrogens (tertiary/aromatic N) is 6. The smallest absolute Gasteiger partial charge is 0.410 e. The van der Waals surface area contributed by atoms with E-state index in [1.165, 1.54) is 6.33 Å². The predicted molar refractivity (Wildman–Crippen MR) is 160 cm³/mol. The molecule has 0 spiro atoms. The Morgan fingerprint density at radius 1 is 1.22 bits per heavy atom. The Kier molecular flexibility index (Phi) is 8.25. The number of benzene rings is 1. The summed E-state index contributed by atoms with van der Waals surface area (Å²) in [6.07, 6.45) is 5.94. The van der Waals surface area contributed by atoms with Gasteiger partial charge in [-0.3, -0.25) is 0 Å². The van der Waals surface area contributed by atoms with Gasteiger partial charge in [-0.1, -0.05) is 13.8 Å². The number of aromatic nitrogens is 5. The summed E-state index contributed by atoms with van der Waals surface area (Å²) in [7, 11) is 0. The first-order chi connectivity index (χ1) is 19.6. The minimum Gasteiger partial charge on any atom is -0.444 e. The van der Waals surface area contributed by atoms with Crippen LogP contribution in [0.3, 0.4) is 0 Å². The Bertz CT molecular complexity index is 1530. The van der Waals surface area contributed by atoms with Gasteiger partial charge in [-0.2, -0.15) is 5.10 Å². The molecule has 1 aromatic carbocycles. The van der Waals surface area contributed by atoms with Crippen LogP contribution >= 0.6 is 0 Å². The van der Waals surface area contributed by atoms with Gasteiger partial charge >= 0.3 is 6.09 Å². The number of aliphatic hydroxyl groups is 1. The van der Waals surface area contributed by atoms with Crippen LogP contribution in [0.25, 0.3) is 27.7 Å². The normalized spacial score (nSPS) is 16.6. The van der Waals surface area contributed by atoms with Gasteiger partial charge in [0.25, 0.3) is 0 Å². The summed E-state index contributed by atoms with van der Waals surface area (Å²) < 4.78 is 7.44. The zero-order valence-electron chi connectivity index (χ0n) is 24.5. The number of carbonyl (C=O) groups is 1. The molecule has 4 heterocycles. The topological polar surface area (TPSA) is 130 Å². The lowest BCUT2D eigenvalue weighted by Crippen LogP contribution is -2.47. The van der Waals surface area contributed by atoms with E-state index in [0.717, 1.165) is 52.5 Å². The van der Waals surface area contributed by atoms with Crippen molar-refractivity contribution in [3.05, 3.63) is 42.4 Å². The molecular weight excluding hydrogens is 520 g/mol. The SMILES string of the molecule is CCc1cc(-c2ccc3c(NC[C@H](O)CC)ncnn23)cc2cnc(N[C@H]3CCCN(C(=O)OC(C)(C)C)C3)nc12. The first-order valence-electron chi connectivity index (χ1n) is 14.4. The molecule has 3 aromatic heterocycles. The highest BCUT2D eigenvalue weighted by Gasteiger charge is 2.28. The number of piperidine rings is 1. The standard InChI is InChI=1S/C30H40N8O3/c1-6-19-13-20(24-10-11-25-27(31-16-23(39)7-2)33-18-34-38(24)25)14-21-15-32-28(36-26(19)21)35-22-9-8-12-37(17-22)29(40)41-30(3,4)5/h10-11,13-15,18,22-23,39H,6-9,12,16-17H2,1-5H3,(H,31,33,34)(H,32,35,36)/t22-,23+/m0/s1. The number of aliphatic hydroxyl groups excluding tert-OH is 1. The van der Waals surface area contributed by atoms with Gasteiger partial charge in [0.1, 0.15) is 17.4 Å². The van der Waals surface area contributed by atoms with E-state index < -0.39 is 11.7 Å². The van der Waals surface area contributed by atoms with Crippen LogP contribution < -0.4 is 10.6 Å². The second-order valence-corrected chi connectivity index (χ2v) is 11.6. The molecule has 1 saturated heterocycles. The van der Waals surface area contributed by atoms with E-state index in [9.17, 15) is 9.90 Å². The summed E-state index contributed by atoms with van der Waals surface area (Å²) >= 11 is 0. The maximum absolute atomic E-state index is 12.6. The third kappa shape index (κ3) is 6.51. The third-order valence-electron chi connectivity index (χ3n) is 7.27. The minimum absolute atomic E-state index is 0.0473. The van der Waals surface area contributed by atoms with Crippen LogP contribution in [0.2, 0.25) is 0 Å². The fourth-order valence-electron chi connectivity index (χ4n) is 5.12. The average molecular weight is 561 g/mol. The number of ether oxygens (including phenoxy) is 1. The van der Waals surface area contributed by atoms with E-state index >= 15 is 0 Å². The Hall–Kier alpha value is -3.99. The predicted octanol–water partition coefficient (Wildman–Crippen LogP) is 4.90. The molecule has 11 nitrogen and oxygen atoms in total. The van der Waals surface area contributed by atoms with Crippen molar-refractivity contribution in [2.45, 2.75) is 78.0 Å². The Balaban J connectivity index is 1.38. The summed E-state index contributed by atoms with van der Waals surface area (Å²) in [5.74, 6) is 1.24. The first-order valence-corrected chi connectivity index (χ1v) is 14.4. The highest BCUT2D eigenvalue weighted by Crippen LogP contribution is 2.30. The van der Waals surface area contributed by atoms with Crippen LogP contribution in [-0.2, 0) is 11.2 Å². The van der Waals surface area contributed by atoms with Crippen LogP contribution in [-0.4, -0.2) is 78.0 Å². The summed E-state index contributed by atoms with van der Waals surface area (Å²) in [4.78, 5) is 28.3. The number of hydrogen-bond donors (Lipinski definition) is 3. The van der Waals surface area contributed by atoms with E-state index in [0.29, 0.717) is 37.8 Å². The maximum Gasteiger partial charge on any atom is 0.410 e. The third-order valence-corrected chi connectivity index (χ3v) is 7.27. The quantitative estimate of drug-likeness (QED) is 0.276. The van der Waals surface area contributed by atoms with Crippen molar-refractivity contribution in [2.75, 3.05) is 30.3 Å². The number of nitrogens with one attached hydrogen (secondary N) is 2. The summed E-state index contributed by atoms with van der Waals surface area (Å²) in [5, 5.41) is 22.1. The van der Waals surface area contributed by atoms with E-state index in [4.69, 9.17) is 9.72 Å². The molecule has 3 N–H and O–H groups in total. The van der Waals surface area contributed by atoms with Gasteiger partial charge < -0.3 is 25.4 Å². The molecule has 1 amide bonds. The second-order valence-electron chi connectivity index (χ2n) is 11.6. The van der Waals surface area contributed by atoms with E-state index in [-0.39, 0.29) is 12.1 Å². The fourth-order valence-corrected chi connectivity index (χ4v) is 5.12. The highest BCUT2D eigenvalue weighted by atomic mass is 16.6. The average Bonchev–Trinajstić information content (AvgIpc) is 3.39. The zero-order chi connectivity index (χ0) is 29.1. The molecule has 41 heavy (non-hydrogen) atoms.